The summed E-state index contributed by atoms with van der Waals surface area (Å²) < 4.78 is 7.83. The number of nitrogens with zero attached hydrogens (tertiary/aromatic N) is 3. The van der Waals surface area contributed by atoms with Crippen molar-refractivity contribution in [2.45, 2.75) is 46.3 Å². The van der Waals surface area contributed by atoms with Crippen LogP contribution < -0.4 is 10.1 Å². The molecule has 0 fully saturated rings. The highest BCUT2D eigenvalue weighted by Gasteiger charge is 2.18. The highest BCUT2D eigenvalue weighted by atomic mass is 16.5. The third kappa shape index (κ3) is 4.57. The van der Waals surface area contributed by atoms with Crippen LogP contribution in [0, 0.1) is 6.92 Å². The van der Waals surface area contributed by atoms with Crippen LogP contribution in [-0.4, -0.2) is 26.8 Å². The number of aromatic nitrogens is 3. The molecule has 1 heterocycles. The largest absolute Gasteiger partial charge is 0.481 e. The summed E-state index contributed by atoms with van der Waals surface area (Å²) in [6.07, 6.45) is 1.02. The third-order valence-corrected chi connectivity index (χ3v) is 4.54. The fourth-order valence-electron chi connectivity index (χ4n) is 2.96. The second-order valence-corrected chi connectivity index (χ2v) is 7.13. The van der Waals surface area contributed by atoms with Crippen LogP contribution in [0.4, 0.5) is 0 Å². The zero-order valence-corrected chi connectivity index (χ0v) is 16.7. The predicted octanol–water partition coefficient (Wildman–Crippen LogP) is 3.78. The van der Waals surface area contributed by atoms with Gasteiger partial charge in [0.1, 0.15) is 12.1 Å². The summed E-state index contributed by atoms with van der Waals surface area (Å²) >= 11 is 0. The number of benzene rings is 2. The summed E-state index contributed by atoms with van der Waals surface area (Å²) in [5.41, 5.74) is 3.14. The molecule has 146 valence electrons. The number of nitrogens with one attached hydrogen (secondary N) is 1. The van der Waals surface area contributed by atoms with Crippen molar-refractivity contribution in [2.75, 3.05) is 0 Å². The van der Waals surface area contributed by atoms with E-state index in [2.05, 4.69) is 41.5 Å². The van der Waals surface area contributed by atoms with E-state index in [0.29, 0.717) is 11.7 Å². The maximum Gasteiger partial charge on any atom is 0.261 e. The molecule has 0 aliphatic heterocycles. The van der Waals surface area contributed by atoms with Gasteiger partial charge in [-0.3, -0.25) is 9.36 Å². The lowest BCUT2D eigenvalue weighted by Crippen LogP contribution is -2.36. The topological polar surface area (TPSA) is 69.0 Å². The van der Waals surface area contributed by atoms with Crippen molar-refractivity contribution in [3.8, 4) is 11.4 Å². The maximum absolute atomic E-state index is 12.6. The van der Waals surface area contributed by atoms with E-state index in [4.69, 9.17) is 4.74 Å². The highest BCUT2D eigenvalue weighted by molar-refractivity contribution is 5.80. The van der Waals surface area contributed by atoms with E-state index in [-0.39, 0.29) is 12.5 Å². The van der Waals surface area contributed by atoms with Gasteiger partial charge in [-0.1, -0.05) is 44.2 Å². The number of hydrogen-bond acceptors (Lipinski definition) is 4. The summed E-state index contributed by atoms with van der Waals surface area (Å²) in [7, 11) is 0. The van der Waals surface area contributed by atoms with Crippen molar-refractivity contribution in [2.24, 2.45) is 0 Å². The van der Waals surface area contributed by atoms with E-state index in [1.54, 1.807) is 13.3 Å². The number of para-hydroxylation sites is 1. The normalized spacial score (nSPS) is 12.0. The van der Waals surface area contributed by atoms with Crippen molar-refractivity contribution >= 4 is 5.91 Å². The van der Waals surface area contributed by atoms with Crippen molar-refractivity contribution < 1.29 is 9.53 Å². The number of carbonyl (C=O) groups excluding carboxylic acids is 1. The average Bonchev–Trinajstić information content (AvgIpc) is 3.15. The van der Waals surface area contributed by atoms with Gasteiger partial charge in [-0.25, -0.2) is 0 Å². The standard InChI is InChI=1S/C22H26N4O2/c1-15(2)19-11-10-16(3)12-20(19)28-17(4)22(27)23-13-21-25-24-14-26(21)18-8-6-5-7-9-18/h5-12,14-15,17H,13H2,1-4H3,(H,23,27). The minimum atomic E-state index is -0.618. The Balaban J connectivity index is 1.65. The van der Waals surface area contributed by atoms with Crippen molar-refractivity contribution in [3.05, 3.63) is 71.8 Å². The van der Waals surface area contributed by atoms with Crippen LogP contribution in [0.3, 0.4) is 0 Å². The fourth-order valence-corrected chi connectivity index (χ4v) is 2.96. The van der Waals surface area contributed by atoms with Gasteiger partial charge in [-0.15, -0.1) is 10.2 Å². The van der Waals surface area contributed by atoms with Gasteiger partial charge in [0.25, 0.3) is 5.91 Å². The zero-order valence-electron chi connectivity index (χ0n) is 16.7. The number of hydrogen-bond donors (Lipinski definition) is 1. The Morgan fingerprint density at radius 2 is 1.89 bits per heavy atom. The molecule has 1 unspecified atom stereocenters. The van der Waals surface area contributed by atoms with E-state index in [1.165, 1.54) is 0 Å². The van der Waals surface area contributed by atoms with Crippen LogP contribution in [0.1, 0.15) is 43.6 Å². The van der Waals surface area contributed by atoms with Gasteiger partial charge in [0.05, 0.1) is 6.54 Å². The fraction of sp³-hybridized carbons (Fsp3) is 0.318. The minimum Gasteiger partial charge on any atom is -0.481 e. The molecule has 0 aliphatic carbocycles. The third-order valence-electron chi connectivity index (χ3n) is 4.54. The molecule has 0 spiro atoms. The predicted molar refractivity (Wildman–Crippen MR) is 109 cm³/mol. The molecule has 1 N–H and O–H groups in total. The number of aryl methyl sites for hydroxylation is 1. The molecule has 1 aromatic heterocycles. The molecule has 28 heavy (non-hydrogen) atoms. The summed E-state index contributed by atoms with van der Waals surface area (Å²) in [5, 5.41) is 11.0. The second-order valence-electron chi connectivity index (χ2n) is 7.13. The molecular formula is C22H26N4O2. The zero-order chi connectivity index (χ0) is 20.1. The Morgan fingerprint density at radius 1 is 1.14 bits per heavy atom. The Hall–Kier alpha value is -3.15. The van der Waals surface area contributed by atoms with E-state index in [0.717, 1.165) is 22.6 Å². The highest BCUT2D eigenvalue weighted by Crippen LogP contribution is 2.28. The van der Waals surface area contributed by atoms with Gasteiger partial charge in [0, 0.05) is 5.69 Å². The van der Waals surface area contributed by atoms with Crippen LogP contribution in [-0.2, 0) is 11.3 Å². The molecule has 0 aliphatic rings. The summed E-state index contributed by atoms with van der Waals surface area (Å²) in [5.74, 6) is 1.53. The van der Waals surface area contributed by atoms with Crippen LogP contribution in [0.5, 0.6) is 5.75 Å². The van der Waals surface area contributed by atoms with Gasteiger partial charge in [0.15, 0.2) is 11.9 Å². The van der Waals surface area contributed by atoms with Gasteiger partial charge < -0.3 is 10.1 Å². The number of rotatable bonds is 7. The first-order valence-electron chi connectivity index (χ1n) is 9.45. The molecule has 2 aromatic carbocycles. The number of carbonyl (C=O) groups is 1. The van der Waals surface area contributed by atoms with Crippen molar-refractivity contribution in [1.82, 2.24) is 20.1 Å². The molecule has 6 nitrogen and oxygen atoms in total. The lowest BCUT2D eigenvalue weighted by molar-refractivity contribution is -0.127. The van der Waals surface area contributed by atoms with Crippen molar-refractivity contribution in [1.29, 1.82) is 0 Å². The quantitative estimate of drug-likeness (QED) is 0.679. The molecular weight excluding hydrogens is 352 g/mol. The SMILES string of the molecule is Cc1ccc(C(C)C)c(OC(C)C(=O)NCc2nncn2-c2ccccc2)c1. The number of amides is 1. The van der Waals surface area contributed by atoms with Crippen LogP contribution in [0.2, 0.25) is 0 Å². The lowest BCUT2D eigenvalue weighted by Gasteiger charge is -2.19. The van der Waals surface area contributed by atoms with Gasteiger partial charge in [-0.05, 0) is 49.1 Å². The Kier molecular flexibility index (Phi) is 6.09. The summed E-state index contributed by atoms with van der Waals surface area (Å²) in [6, 6.07) is 15.9. The van der Waals surface area contributed by atoms with Gasteiger partial charge in [0.2, 0.25) is 0 Å². The maximum atomic E-state index is 12.6. The number of ether oxygens (including phenoxy) is 1. The molecule has 0 saturated heterocycles. The molecule has 0 bridgehead atoms. The summed E-state index contributed by atoms with van der Waals surface area (Å²) in [6.45, 7) is 8.26. The molecule has 6 heteroatoms. The first-order chi connectivity index (χ1) is 13.5. The molecule has 1 amide bonds. The van der Waals surface area contributed by atoms with E-state index >= 15 is 0 Å². The van der Waals surface area contributed by atoms with Crippen LogP contribution in [0.15, 0.2) is 54.9 Å². The van der Waals surface area contributed by atoms with E-state index in [9.17, 15) is 4.79 Å². The van der Waals surface area contributed by atoms with E-state index < -0.39 is 6.10 Å². The van der Waals surface area contributed by atoms with Gasteiger partial charge in [-0.2, -0.15) is 0 Å². The molecule has 3 rings (SSSR count). The van der Waals surface area contributed by atoms with Gasteiger partial charge >= 0.3 is 0 Å². The Morgan fingerprint density at radius 3 is 2.61 bits per heavy atom. The van der Waals surface area contributed by atoms with Crippen LogP contribution in [0.25, 0.3) is 5.69 Å². The second kappa shape index (κ2) is 8.69. The first kappa shape index (κ1) is 19.6. The lowest BCUT2D eigenvalue weighted by atomic mass is 10.0. The molecule has 0 saturated carbocycles. The van der Waals surface area contributed by atoms with Crippen molar-refractivity contribution in [3.63, 3.8) is 0 Å². The Labute approximate surface area is 165 Å². The first-order valence-corrected chi connectivity index (χ1v) is 9.45. The van der Waals surface area contributed by atoms with E-state index in [1.807, 2.05) is 47.9 Å². The molecule has 3 aromatic rings. The molecule has 1 atom stereocenters. The minimum absolute atomic E-state index is 0.196. The molecule has 0 radical (unpaired) electrons. The smallest absolute Gasteiger partial charge is 0.261 e. The summed E-state index contributed by atoms with van der Waals surface area (Å²) in [4.78, 5) is 12.6. The average molecular weight is 378 g/mol. The Bertz CT molecular complexity index is 935. The van der Waals surface area contributed by atoms with Crippen LogP contribution >= 0.6 is 0 Å². The monoisotopic (exact) mass is 378 g/mol.